The number of hydrogen-bond donors (Lipinski definition) is 5. The van der Waals surface area contributed by atoms with Gasteiger partial charge in [0.2, 0.25) is 0 Å². The van der Waals surface area contributed by atoms with Crippen LogP contribution in [-0.2, 0) is 14.3 Å². The molecule has 4 saturated carbocycles. The summed E-state index contributed by atoms with van der Waals surface area (Å²) in [4.78, 5) is 14.6. The van der Waals surface area contributed by atoms with Gasteiger partial charge < -0.3 is 35.0 Å². The van der Waals surface area contributed by atoms with E-state index >= 15 is 0 Å². The van der Waals surface area contributed by atoms with Crippen molar-refractivity contribution >= 4 is 5.78 Å². The van der Waals surface area contributed by atoms with Gasteiger partial charge in [-0.3, -0.25) is 4.79 Å². The van der Waals surface area contributed by atoms with Crippen molar-refractivity contribution in [3.63, 3.8) is 0 Å². The summed E-state index contributed by atoms with van der Waals surface area (Å²) in [6, 6.07) is 0. The van der Waals surface area contributed by atoms with Gasteiger partial charge in [-0.15, -0.1) is 0 Å². The van der Waals surface area contributed by atoms with Crippen LogP contribution < -0.4 is 0 Å². The van der Waals surface area contributed by atoms with Crippen molar-refractivity contribution in [1.29, 1.82) is 0 Å². The molecule has 0 amide bonds. The summed E-state index contributed by atoms with van der Waals surface area (Å²) < 4.78 is 12.6. The molecule has 5 fully saturated rings. The third-order valence-corrected chi connectivity index (χ3v) is 14.4. The zero-order valence-electron chi connectivity index (χ0n) is 28.4. The highest BCUT2D eigenvalue weighted by Gasteiger charge is 2.71. The van der Waals surface area contributed by atoms with Crippen LogP contribution in [0.5, 0.6) is 0 Å². The van der Waals surface area contributed by atoms with Crippen molar-refractivity contribution in [3.05, 3.63) is 11.6 Å². The Morgan fingerprint density at radius 3 is 2.23 bits per heavy atom. The Labute approximate surface area is 264 Å². The minimum Gasteiger partial charge on any atom is -0.394 e. The third kappa shape index (κ3) is 5.09. The van der Waals surface area contributed by atoms with Crippen molar-refractivity contribution in [1.82, 2.24) is 0 Å². The van der Waals surface area contributed by atoms with E-state index in [4.69, 9.17) is 9.47 Å². The lowest BCUT2D eigenvalue weighted by Gasteiger charge is -2.69. The summed E-state index contributed by atoms with van der Waals surface area (Å²) in [5.41, 5.74) is -0.159. The van der Waals surface area contributed by atoms with E-state index in [0.717, 1.165) is 44.9 Å². The molecular formula is C36H60O8. The molecule has 8 nitrogen and oxygen atoms in total. The monoisotopic (exact) mass is 620 g/mol. The molecule has 0 unspecified atom stereocenters. The van der Waals surface area contributed by atoms with Gasteiger partial charge in [-0.25, -0.2) is 0 Å². The Balaban J connectivity index is 1.49. The number of ether oxygens (including phenoxy) is 2. The average molecular weight is 621 g/mol. The van der Waals surface area contributed by atoms with Crippen LogP contribution in [0.2, 0.25) is 0 Å². The number of hydrogen-bond acceptors (Lipinski definition) is 8. The lowest BCUT2D eigenvalue weighted by Crippen LogP contribution is -2.66. The zero-order valence-corrected chi connectivity index (χ0v) is 28.4. The fraction of sp³-hybridized carbons (Fsp3) is 0.917. The van der Waals surface area contributed by atoms with Crippen molar-refractivity contribution < 1.29 is 39.8 Å². The first-order valence-corrected chi connectivity index (χ1v) is 17.2. The minimum absolute atomic E-state index is 0.0168. The van der Waals surface area contributed by atoms with Gasteiger partial charge >= 0.3 is 0 Å². The molecule has 0 aromatic rings. The fourth-order valence-corrected chi connectivity index (χ4v) is 11.5. The maximum Gasteiger partial charge on any atom is 0.187 e. The molecule has 1 aliphatic heterocycles. The van der Waals surface area contributed by atoms with Crippen LogP contribution in [0.1, 0.15) is 113 Å². The van der Waals surface area contributed by atoms with Gasteiger partial charge in [0, 0.05) is 12.3 Å². The molecule has 5 N–H and O–H groups in total. The molecule has 0 aromatic carbocycles. The molecular weight excluding hydrogens is 560 g/mol. The zero-order chi connectivity index (χ0) is 32.6. The normalized spacial score (nSPS) is 49.8. The predicted molar refractivity (Wildman–Crippen MR) is 167 cm³/mol. The van der Waals surface area contributed by atoms with Crippen LogP contribution in [0, 0.1) is 45.3 Å². The number of fused-ring (bicyclic) bond motifs is 5. The molecule has 44 heavy (non-hydrogen) atoms. The number of aliphatic hydroxyl groups excluding tert-OH is 5. The number of carbonyl (C=O) groups excluding carboxylic acids is 1. The van der Waals surface area contributed by atoms with E-state index in [1.54, 1.807) is 0 Å². The fourth-order valence-electron chi connectivity index (χ4n) is 11.5. The van der Waals surface area contributed by atoms with Gasteiger partial charge in [0.15, 0.2) is 6.29 Å². The van der Waals surface area contributed by atoms with E-state index in [9.17, 15) is 30.3 Å². The van der Waals surface area contributed by atoms with E-state index < -0.39 is 42.9 Å². The Kier molecular flexibility index (Phi) is 9.15. The highest BCUT2D eigenvalue weighted by molar-refractivity contribution is 5.84. The van der Waals surface area contributed by atoms with Gasteiger partial charge in [-0.05, 0) is 112 Å². The van der Waals surface area contributed by atoms with Crippen molar-refractivity contribution in [2.75, 3.05) is 6.61 Å². The van der Waals surface area contributed by atoms with Crippen LogP contribution in [0.25, 0.3) is 0 Å². The van der Waals surface area contributed by atoms with Crippen molar-refractivity contribution in [3.8, 4) is 0 Å². The molecule has 8 heteroatoms. The molecule has 0 aromatic heterocycles. The standard InChI is InChI=1S/C36H60O8/c1-20(2)10-9-14-36(8,44-31-30(42)29(41)28(40)23(19-37)43-31)21-11-16-35(7)27(21)22(38)18-25-33(5)15-13-26(39)32(3,4)24(33)12-17-34(25,35)6/h10,21,23-31,37,39-42H,9,11-19H2,1-8H3/t21-,23+,24-,25+,26-,27-,28+,29-,30-,31-,33-,34+,35+,36-/m0/s1. The molecule has 1 heterocycles. The van der Waals surface area contributed by atoms with Crippen LogP contribution in [0.15, 0.2) is 11.6 Å². The second-order valence-corrected chi connectivity index (χ2v) is 17.1. The van der Waals surface area contributed by atoms with Crippen LogP contribution in [0.3, 0.4) is 0 Å². The quantitative estimate of drug-likeness (QED) is 0.262. The van der Waals surface area contributed by atoms with Crippen LogP contribution in [0.4, 0.5) is 0 Å². The lowest BCUT2D eigenvalue weighted by molar-refractivity contribution is -0.333. The Hall–Kier alpha value is -0.870. The molecule has 5 aliphatic rings. The van der Waals surface area contributed by atoms with E-state index in [0.29, 0.717) is 24.5 Å². The van der Waals surface area contributed by atoms with E-state index in [-0.39, 0.29) is 45.5 Å². The summed E-state index contributed by atoms with van der Waals surface area (Å²) in [5.74, 6) is 0.579. The minimum atomic E-state index is -1.52. The second-order valence-electron chi connectivity index (χ2n) is 17.1. The maximum absolute atomic E-state index is 14.6. The second kappa shape index (κ2) is 11.7. The number of Topliss-reactive ketones (excluding diaryl/α,β-unsaturated/α-hetero) is 1. The summed E-state index contributed by atoms with van der Waals surface area (Å²) in [5, 5.41) is 52.7. The Bertz CT molecular complexity index is 1120. The predicted octanol–water partition coefficient (Wildman–Crippen LogP) is 4.53. The number of aliphatic hydroxyl groups is 5. The van der Waals surface area contributed by atoms with E-state index in [1.807, 2.05) is 6.92 Å². The summed E-state index contributed by atoms with van der Waals surface area (Å²) >= 11 is 0. The summed E-state index contributed by atoms with van der Waals surface area (Å²) in [6.45, 7) is 17.2. The van der Waals surface area contributed by atoms with Crippen LogP contribution >= 0.6 is 0 Å². The highest BCUT2D eigenvalue weighted by Crippen LogP contribution is 2.75. The van der Waals surface area contributed by atoms with Crippen molar-refractivity contribution in [2.24, 2.45) is 45.3 Å². The largest absolute Gasteiger partial charge is 0.394 e. The first-order chi connectivity index (χ1) is 20.4. The SMILES string of the molecule is CC(C)=CCC[C@](C)(O[C@@H]1O[C@H](CO)[C@@H](O)[C@H](O)[C@@H]1O)[C@H]1CC[C@]2(C)[C@@H]1C(=O)C[C@@H]1[C@@]3(C)CC[C@H](O)C(C)(C)[C@@H]3CC[C@]12C. The molecule has 1 saturated heterocycles. The number of ketones is 1. The molecule has 252 valence electrons. The molecule has 5 rings (SSSR count). The Morgan fingerprint density at radius 2 is 1.59 bits per heavy atom. The topological polar surface area (TPSA) is 137 Å². The lowest BCUT2D eigenvalue weighted by atomic mass is 9.35. The van der Waals surface area contributed by atoms with Gasteiger partial charge in [0.25, 0.3) is 0 Å². The van der Waals surface area contributed by atoms with Crippen LogP contribution in [-0.4, -0.2) is 80.3 Å². The molecule has 4 aliphatic carbocycles. The van der Waals surface area contributed by atoms with Crippen molar-refractivity contribution in [2.45, 2.75) is 156 Å². The first kappa shape index (κ1) is 34.5. The third-order valence-electron chi connectivity index (χ3n) is 14.4. The summed E-state index contributed by atoms with van der Waals surface area (Å²) in [6.07, 6.45) is 2.44. The molecule has 0 bridgehead atoms. The number of carbonyl (C=O) groups is 1. The maximum atomic E-state index is 14.6. The summed E-state index contributed by atoms with van der Waals surface area (Å²) in [7, 11) is 0. The molecule has 0 spiro atoms. The highest BCUT2D eigenvalue weighted by atomic mass is 16.7. The van der Waals surface area contributed by atoms with Gasteiger partial charge in [-0.1, -0.05) is 46.3 Å². The first-order valence-electron chi connectivity index (χ1n) is 17.2. The van der Waals surface area contributed by atoms with Gasteiger partial charge in [-0.2, -0.15) is 0 Å². The van der Waals surface area contributed by atoms with E-state index in [1.165, 1.54) is 5.57 Å². The smallest absolute Gasteiger partial charge is 0.187 e. The van der Waals surface area contributed by atoms with Gasteiger partial charge in [0.05, 0.1) is 18.3 Å². The Morgan fingerprint density at radius 1 is 0.932 bits per heavy atom. The number of rotatable bonds is 7. The number of allylic oxidation sites excluding steroid dienone is 2. The van der Waals surface area contributed by atoms with Gasteiger partial charge in [0.1, 0.15) is 30.2 Å². The molecule has 14 atom stereocenters. The average Bonchev–Trinajstić information content (AvgIpc) is 3.33. The molecule has 0 radical (unpaired) electrons. The van der Waals surface area contributed by atoms with E-state index in [2.05, 4.69) is 54.5 Å².